The molecular formula is C16H19F3NO2+. The lowest BCUT2D eigenvalue weighted by molar-refractivity contribution is -0.738. The summed E-state index contributed by atoms with van der Waals surface area (Å²) in [6.07, 6.45) is -4.37. The molecule has 0 fully saturated rings. The third-order valence-corrected chi connectivity index (χ3v) is 3.40. The topological polar surface area (TPSA) is 50.0 Å². The average molecular weight is 314 g/mol. The van der Waals surface area contributed by atoms with Crippen molar-refractivity contribution in [3.05, 3.63) is 47.7 Å². The van der Waals surface area contributed by atoms with Gasteiger partial charge in [0.1, 0.15) is 17.8 Å². The molecule has 0 saturated heterocycles. The number of hydrogen-bond acceptors (Lipinski definition) is 2. The number of rotatable bonds is 5. The van der Waals surface area contributed by atoms with Crippen molar-refractivity contribution in [3.63, 3.8) is 0 Å². The normalized spacial score (nSPS) is 12.6. The molecule has 120 valence electrons. The van der Waals surface area contributed by atoms with Crippen LogP contribution in [0.25, 0.3) is 11.3 Å². The Morgan fingerprint density at radius 3 is 2.50 bits per heavy atom. The van der Waals surface area contributed by atoms with E-state index in [9.17, 15) is 18.3 Å². The molecule has 0 amide bonds. The summed E-state index contributed by atoms with van der Waals surface area (Å²) in [6, 6.07) is 8.44. The number of benzene rings is 1. The van der Waals surface area contributed by atoms with E-state index in [0.29, 0.717) is 23.6 Å². The van der Waals surface area contributed by atoms with E-state index in [0.717, 1.165) is 12.1 Å². The largest absolute Gasteiger partial charge is 0.455 e. The van der Waals surface area contributed by atoms with E-state index in [1.54, 1.807) is 18.2 Å². The first-order valence-electron chi connectivity index (χ1n) is 6.93. The molecule has 0 radical (unpaired) electrons. The third kappa shape index (κ3) is 4.11. The molecule has 1 heterocycles. The van der Waals surface area contributed by atoms with Gasteiger partial charge in [0.25, 0.3) is 0 Å². The number of aliphatic hydroxyl groups excluding tert-OH is 1. The fourth-order valence-electron chi connectivity index (χ4n) is 1.93. The van der Waals surface area contributed by atoms with Crippen molar-refractivity contribution in [1.82, 2.24) is 0 Å². The van der Waals surface area contributed by atoms with Crippen LogP contribution < -0.4 is 5.32 Å². The van der Waals surface area contributed by atoms with Gasteiger partial charge in [-0.2, -0.15) is 13.2 Å². The van der Waals surface area contributed by atoms with Crippen molar-refractivity contribution in [2.45, 2.75) is 32.1 Å². The Bertz CT molecular complexity index is 632. The van der Waals surface area contributed by atoms with E-state index >= 15 is 0 Å². The fourth-order valence-corrected chi connectivity index (χ4v) is 1.93. The molecular weight excluding hydrogens is 295 g/mol. The summed E-state index contributed by atoms with van der Waals surface area (Å²) in [6.45, 7) is 4.31. The van der Waals surface area contributed by atoms with E-state index in [1.807, 2.05) is 19.2 Å². The molecule has 22 heavy (non-hydrogen) atoms. The van der Waals surface area contributed by atoms with Crippen LogP contribution in [0.15, 0.2) is 40.8 Å². The highest BCUT2D eigenvalue weighted by Gasteiger charge is 2.30. The standard InChI is InChI=1S/C16H18F3NO2/c1-15(2,10-21)20-9-13-6-7-14(22-13)11-4-3-5-12(8-11)16(17,18)19/h3-8,20-21H,9-10H2,1-2H3/p+1. The molecule has 0 aliphatic heterocycles. The lowest BCUT2D eigenvalue weighted by atomic mass is 10.1. The minimum absolute atomic E-state index is 0.0220. The molecule has 2 aromatic rings. The summed E-state index contributed by atoms with van der Waals surface area (Å²) >= 11 is 0. The molecule has 1 aromatic heterocycles. The molecule has 6 heteroatoms. The van der Waals surface area contributed by atoms with Gasteiger partial charge in [-0.1, -0.05) is 12.1 Å². The summed E-state index contributed by atoms with van der Waals surface area (Å²) in [4.78, 5) is 0. The van der Waals surface area contributed by atoms with Gasteiger partial charge in [-0.25, -0.2) is 0 Å². The van der Waals surface area contributed by atoms with Gasteiger partial charge < -0.3 is 14.8 Å². The molecule has 0 bridgehead atoms. The van der Waals surface area contributed by atoms with Gasteiger partial charge in [-0.15, -0.1) is 0 Å². The lowest BCUT2D eigenvalue weighted by Gasteiger charge is -2.18. The number of halogens is 3. The van der Waals surface area contributed by atoms with Crippen LogP contribution in [-0.2, 0) is 12.7 Å². The molecule has 0 spiro atoms. The zero-order chi connectivity index (χ0) is 16.4. The molecule has 0 unspecified atom stereocenters. The van der Waals surface area contributed by atoms with E-state index < -0.39 is 11.7 Å². The van der Waals surface area contributed by atoms with Crippen molar-refractivity contribution in [2.75, 3.05) is 6.61 Å². The average Bonchev–Trinajstić information content (AvgIpc) is 2.94. The Morgan fingerprint density at radius 1 is 1.14 bits per heavy atom. The van der Waals surface area contributed by atoms with Crippen LogP contribution in [-0.4, -0.2) is 17.3 Å². The van der Waals surface area contributed by atoms with Crippen LogP contribution in [0.2, 0.25) is 0 Å². The number of quaternary nitrogens is 1. The first-order chi connectivity index (χ1) is 10.2. The van der Waals surface area contributed by atoms with Crippen molar-refractivity contribution < 1.29 is 28.0 Å². The third-order valence-electron chi connectivity index (χ3n) is 3.40. The van der Waals surface area contributed by atoms with Gasteiger partial charge in [0.15, 0.2) is 5.76 Å². The van der Waals surface area contributed by atoms with E-state index in [4.69, 9.17) is 4.42 Å². The number of alkyl halides is 3. The maximum atomic E-state index is 12.7. The van der Waals surface area contributed by atoms with Gasteiger partial charge in [0.05, 0.1) is 12.2 Å². The quantitative estimate of drug-likeness (QED) is 0.891. The molecule has 3 nitrogen and oxygen atoms in total. The predicted molar refractivity (Wildman–Crippen MR) is 75.9 cm³/mol. The number of furan rings is 1. The van der Waals surface area contributed by atoms with Crippen LogP contribution in [0, 0.1) is 0 Å². The summed E-state index contributed by atoms with van der Waals surface area (Å²) < 4.78 is 43.8. The zero-order valence-corrected chi connectivity index (χ0v) is 12.4. The second kappa shape index (κ2) is 6.14. The lowest BCUT2D eigenvalue weighted by Crippen LogP contribution is -2.95. The first kappa shape index (κ1) is 16.6. The molecule has 1 aromatic carbocycles. The molecule has 0 saturated carbocycles. The fraction of sp³-hybridized carbons (Fsp3) is 0.375. The van der Waals surface area contributed by atoms with Gasteiger partial charge in [-0.05, 0) is 38.1 Å². The number of hydrogen-bond donors (Lipinski definition) is 2. The van der Waals surface area contributed by atoms with Crippen LogP contribution in [0.4, 0.5) is 13.2 Å². The Kier molecular flexibility index (Phi) is 4.63. The van der Waals surface area contributed by atoms with E-state index in [1.165, 1.54) is 6.07 Å². The smallest absolute Gasteiger partial charge is 0.416 e. The first-order valence-corrected chi connectivity index (χ1v) is 6.93. The second-order valence-electron chi connectivity index (χ2n) is 5.90. The minimum atomic E-state index is -4.37. The van der Waals surface area contributed by atoms with Crippen molar-refractivity contribution >= 4 is 0 Å². The molecule has 2 rings (SSSR count). The highest BCUT2D eigenvalue weighted by molar-refractivity contribution is 5.58. The van der Waals surface area contributed by atoms with Gasteiger partial charge in [0, 0.05) is 5.56 Å². The number of aliphatic hydroxyl groups is 1. The summed E-state index contributed by atoms with van der Waals surface area (Å²) in [5.74, 6) is 1.05. The zero-order valence-electron chi connectivity index (χ0n) is 12.4. The van der Waals surface area contributed by atoms with E-state index in [2.05, 4.69) is 0 Å². The van der Waals surface area contributed by atoms with Crippen molar-refractivity contribution in [3.8, 4) is 11.3 Å². The predicted octanol–water partition coefficient (Wildman–Crippen LogP) is 2.80. The van der Waals surface area contributed by atoms with Crippen LogP contribution in [0.5, 0.6) is 0 Å². The Balaban J connectivity index is 2.15. The Hall–Kier alpha value is -1.79. The monoisotopic (exact) mass is 314 g/mol. The van der Waals surface area contributed by atoms with Crippen LogP contribution in [0.1, 0.15) is 25.2 Å². The molecule has 0 atom stereocenters. The Morgan fingerprint density at radius 2 is 1.86 bits per heavy atom. The summed E-state index contributed by atoms with van der Waals surface area (Å²) in [7, 11) is 0. The van der Waals surface area contributed by atoms with Crippen LogP contribution in [0.3, 0.4) is 0 Å². The van der Waals surface area contributed by atoms with Crippen molar-refractivity contribution in [1.29, 1.82) is 0 Å². The SMILES string of the molecule is CC(C)(CO)[NH2+]Cc1ccc(-c2cccc(C(F)(F)F)c2)o1. The molecule has 0 aliphatic rings. The summed E-state index contributed by atoms with van der Waals surface area (Å²) in [5.41, 5.74) is -0.637. The summed E-state index contributed by atoms with van der Waals surface area (Å²) in [5, 5.41) is 11.1. The minimum Gasteiger partial charge on any atom is -0.455 e. The van der Waals surface area contributed by atoms with E-state index in [-0.39, 0.29) is 12.1 Å². The van der Waals surface area contributed by atoms with Gasteiger partial charge in [-0.3, -0.25) is 0 Å². The maximum absolute atomic E-state index is 12.7. The highest BCUT2D eigenvalue weighted by atomic mass is 19.4. The van der Waals surface area contributed by atoms with Gasteiger partial charge in [0.2, 0.25) is 0 Å². The number of nitrogens with two attached hydrogens (primary N) is 1. The highest BCUT2D eigenvalue weighted by Crippen LogP contribution is 2.32. The van der Waals surface area contributed by atoms with Gasteiger partial charge >= 0.3 is 6.18 Å². The Labute approximate surface area is 126 Å². The van der Waals surface area contributed by atoms with Crippen molar-refractivity contribution in [2.24, 2.45) is 0 Å². The maximum Gasteiger partial charge on any atom is 0.416 e. The second-order valence-corrected chi connectivity index (χ2v) is 5.90. The van der Waals surface area contributed by atoms with Crippen LogP contribution >= 0.6 is 0 Å². The molecule has 3 N–H and O–H groups in total. The molecule has 0 aliphatic carbocycles.